The molecular formula is C18H21FN2OS. The minimum absolute atomic E-state index is 0.0355. The summed E-state index contributed by atoms with van der Waals surface area (Å²) in [6, 6.07) is 10.3. The van der Waals surface area contributed by atoms with Crippen LogP contribution in [0.25, 0.3) is 0 Å². The molecule has 23 heavy (non-hydrogen) atoms. The van der Waals surface area contributed by atoms with E-state index in [-0.39, 0.29) is 11.7 Å². The molecule has 1 amide bonds. The minimum Gasteiger partial charge on any atom is -0.326 e. The number of aryl methyl sites for hydroxylation is 1. The molecule has 1 aromatic carbocycles. The number of hydrogen-bond donors (Lipinski definition) is 1. The molecule has 0 spiro atoms. The molecule has 2 rings (SSSR count). The van der Waals surface area contributed by atoms with E-state index in [4.69, 9.17) is 0 Å². The van der Waals surface area contributed by atoms with E-state index in [1.54, 1.807) is 36.2 Å². The van der Waals surface area contributed by atoms with E-state index in [9.17, 15) is 9.18 Å². The van der Waals surface area contributed by atoms with Gasteiger partial charge in [-0.3, -0.25) is 9.78 Å². The first-order chi connectivity index (χ1) is 11.1. The SMILES string of the molecule is Cc1cc(NC(=O)CCCCCSc2cccc(F)c2)ccn1. The molecule has 0 unspecified atom stereocenters. The van der Waals surface area contributed by atoms with Crippen molar-refractivity contribution in [2.24, 2.45) is 0 Å². The smallest absolute Gasteiger partial charge is 0.224 e. The Balaban J connectivity index is 1.57. The Labute approximate surface area is 140 Å². The number of amides is 1. The fourth-order valence-corrected chi connectivity index (χ4v) is 3.11. The van der Waals surface area contributed by atoms with Crippen molar-refractivity contribution in [3.63, 3.8) is 0 Å². The van der Waals surface area contributed by atoms with Crippen molar-refractivity contribution in [3.8, 4) is 0 Å². The summed E-state index contributed by atoms with van der Waals surface area (Å²) in [5.74, 6) is 0.778. The highest BCUT2D eigenvalue weighted by molar-refractivity contribution is 7.99. The molecule has 0 fully saturated rings. The molecule has 0 saturated heterocycles. The lowest BCUT2D eigenvalue weighted by Crippen LogP contribution is -2.11. The Morgan fingerprint density at radius 1 is 1.22 bits per heavy atom. The predicted octanol–water partition coefficient (Wildman–Crippen LogP) is 4.82. The van der Waals surface area contributed by atoms with Gasteiger partial charge in [0.05, 0.1) is 0 Å². The Morgan fingerprint density at radius 3 is 2.87 bits per heavy atom. The van der Waals surface area contributed by atoms with Crippen molar-refractivity contribution in [2.45, 2.75) is 37.5 Å². The zero-order valence-corrected chi connectivity index (χ0v) is 14.0. The number of aromatic nitrogens is 1. The third-order valence-electron chi connectivity index (χ3n) is 3.29. The van der Waals surface area contributed by atoms with Gasteiger partial charge in [-0.25, -0.2) is 4.39 Å². The number of carbonyl (C=O) groups is 1. The molecule has 0 saturated carbocycles. The lowest BCUT2D eigenvalue weighted by Gasteiger charge is -2.06. The van der Waals surface area contributed by atoms with Crippen molar-refractivity contribution in [3.05, 3.63) is 54.1 Å². The zero-order chi connectivity index (χ0) is 16.5. The highest BCUT2D eigenvalue weighted by Gasteiger charge is 2.03. The van der Waals surface area contributed by atoms with Crippen LogP contribution in [0.2, 0.25) is 0 Å². The highest BCUT2D eigenvalue weighted by Crippen LogP contribution is 2.20. The molecular weight excluding hydrogens is 311 g/mol. The maximum absolute atomic E-state index is 13.0. The third-order valence-corrected chi connectivity index (χ3v) is 4.37. The van der Waals surface area contributed by atoms with E-state index in [0.29, 0.717) is 6.42 Å². The van der Waals surface area contributed by atoms with Gasteiger partial charge >= 0.3 is 0 Å². The van der Waals surface area contributed by atoms with E-state index in [2.05, 4.69) is 10.3 Å². The molecule has 0 aliphatic rings. The fourth-order valence-electron chi connectivity index (χ4n) is 2.16. The number of rotatable bonds is 8. The summed E-state index contributed by atoms with van der Waals surface area (Å²) in [7, 11) is 0. The van der Waals surface area contributed by atoms with Crippen LogP contribution in [0.1, 0.15) is 31.4 Å². The van der Waals surface area contributed by atoms with Gasteiger partial charge < -0.3 is 5.32 Å². The molecule has 1 N–H and O–H groups in total. The number of nitrogens with zero attached hydrogens (tertiary/aromatic N) is 1. The Kier molecular flexibility index (Phi) is 7.07. The van der Waals surface area contributed by atoms with Crippen molar-refractivity contribution in [2.75, 3.05) is 11.1 Å². The molecule has 3 nitrogen and oxygen atoms in total. The lowest BCUT2D eigenvalue weighted by molar-refractivity contribution is -0.116. The topological polar surface area (TPSA) is 42.0 Å². The number of thioether (sulfide) groups is 1. The van der Waals surface area contributed by atoms with Crippen LogP contribution in [0, 0.1) is 12.7 Å². The average molecular weight is 332 g/mol. The molecule has 0 bridgehead atoms. The molecule has 1 heterocycles. The number of anilines is 1. The predicted molar refractivity (Wildman–Crippen MR) is 93.2 cm³/mol. The standard InChI is InChI=1S/C18H21FN2OS/c1-14-12-16(9-10-20-14)21-18(22)8-3-2-4-11-23-17-7-5-6-15(19)13-17/h5-7,9-10,12-13H,2-4,8,11H2,1H3,(H,20,21,22). The van der Waals surface area contributed by atoms with Gasteiger partial charge in [0.2, 0.25) is 5.91 Å². The summed E-state index contributed by atoms with van der Waals surface area (Å²) in [5.41, 5.74) is 1.68. The number of benzene rings is 1. The van der Waals surface area contributed by atoms with E-state index < -0.39 is 0 Å². The summed E-state index contributed by atoms with van der Waals surface area (Å²) in [4.78, 5) is 16.9. The Morgan fingerprint density at radius 2 is 2.09 bits per heavy atom. The first kappa shape index (κ1) is 17.5. The second-order valence-electron chi connectivity index (χ2n) is 5.35. The second kappa shape index (κ2) is 9.30. The highest BCUT2D eigenvalue weighted by atomic mass is 32.2. The average Bonchev–Trinajstić information content (AvgIpc) is 2.51. The van der Waals surface area contributed by atoms with Gasteiger partial charge in [-0.15, -0.1) is 11.8 Å². The molecule has 1 aromatic heterocycles. The number of hydrogen-bond acceptors (Lipinski definition) is 3. The van der Waals surface area contributed by atoms with Crippen LogP contribution >= 0.6 is 11.8 Å². The summed E-state index contributed by atoms with van der Waals surface area (Å²) in [6.07, 6.45) is 5.08. The van der Waals surface area contributed by atoms with Crippen molar-refractivity contribution in [1.29, 1.82) is 0 Å². The molecule has 5 heteroatoms. The third kappa shape index (κ3) is 6.82. The molecule has 0 aliphatic carbocycles. The number of pyridine rings is 1. The summed E-state index contributed by atoms with van der Waals surface area (Å²) in [6.45, 7) is 1.89. The lowest BCUT2D eigenvalue weighted by atomic mass is 10.2. The second-order valence-corrected chi connectivity index (χ2v) is 6.52. The van der Waals surface area contributed by atoms with Crippen molar-refractivity contribution in [1.82, 2.24) is 4.98 Å². The van der Waals surface area contributed by atoms with Crippen LogP contribution < -0.4 is 5.32 Å². The first-order valence-electron chi connectivity index (χ1n) is 7.74. The van der Waals surface area contributed by atoms with E-state index >= 15 is 0 Å². The quantitative estimate of drug-likeness (QED) is 0.556. The summed E-state index contributed by atoms with van der Waals surface area (Å²) < 4.78 is 13.0. The van der Waals surface area contributed by atoms with Gasteiger partial charge in [0.1, 0.15) is 5.82 Å². The van der Waals surface area contributed by atoms with Crippen LogP contribution in [0.15, 0.2) is 47.5 Å². The number of unbranched alkanes of at least 4 members (excludes halogenated alkanes) is 2. The summed E-state index contributed by atoms with van der Waals surface area (Å²) >= 11 is 1.65. The van der Waals surface area contributed by atoms with Crippen molar-refractivity contribution < 1.29 is 9.18 Å². The van der Waals surface area contributed by atoms with E-state index in [0.717, 1.165) is 41.3 Å². The van der Waals surface area contributed by atoms with Crippen LogP contribution in [0.4, 0.5) is 10.1 Å². The van der Waals surface area contributed by atoms with E-state index in [1.807, 2.05) is 19.1 Å². The maximum atomic E-state index is 13.0. The molecule has 0 radical (unpaired) electrons. The Bertz CT molecular complexity index is 648. The van der Waals surface area contributed by atoms with Gasteiger partial charge in [-0.05, 0) is 55.9 Å². The normalized spacial score (nSPS) is 10.5. The number of nitrogens with one attached hydrogen (secondary N) is 1. The van der Waals surface area contributed by atoms with Crippen LogP contribution in [0.3, 0.4) is 0 Å². The molecule has 122 valence electrons. The van der Waals surface area contributed by atoms with Gasteiger partial charge in [-0.2, -0.15) is 0 Å². The molecule has 0 aliphatic heterocycles. The number of halogens is 1. The molecule has 2 aromatic rings. The minimum atomic E-state index is -0.196. The number of carbonyl (C=O) groups excluding carboxylic acids is 1. The Hall–Kier alpha value is -1.88. The van der Waals surface area contributed by atoms with Gasteiger partial charge in [-0.1, -0.05) is 12.5 Å². The molecule has 0 atom stereocenters. The van der Waals surface area contributed by atoms with Gasteiger partial charge in [0.15, 0.2) is 0 Å². The van der Waals surface area contributed by atoms with Gasteiger partial charge in [0, 0.05) is 28.9 Å². The van der Waals surface area contributed by atoms with E-state index in [1.165, 1.54) is 6.07 Å². The maximum Gasteiger partial charge on any atom is 0.224 e. The van der Waals surface area contributed by atoms with Crippen molar-refractivity contribution >= 4 is 23.4 Å². The van der Waals surface area contributed by atoms with Crippen LogP contribution in [-0.4, -0.2) is 16.6 Å². The fraction of sp³-hybridized carbons (Fsp3) is 0.333. The first-order valence-corrected chi connectivity index (χ1v) is 8.73. The largest absolute Gasteiger partial charge is 0.326 e. The monoisotopic (exact) mass is 332 g/mol. The van der Waals surface area contributed by atoms with Crippen LogP contribution in [0.5, 0.6) is 0 Å². The summed E-state index contributed by atoms with van der Waals surface area (Å²) in [5, 5.41) is 2.88. The zero-order valence-electron chi connectivity index (χ0n) is 13.2. The van der Waals surface area contributed by atoms with Crippen LogP contribution in [-0.2, 0) is 4.79 Å². The van der Waals surface area contributed by atoms with Gasteiger partial charge in [0.25, 0.3) is 0 Å².